The highest BCUT2D eigenvalue weighted by Gasteiger charge is 2.62. The lowest BCUT2D eigenvalue weighted by Crippen LogP contribution is -2.44. The van der Waals surface area contributed by atoms with Gasteiger partial charge < -0.3 is 44.4 Å². The predicted molar refractivity (Wildman–Crippen MR) is 408 cm³/mol. The molecule has 6 unspecified atom stereocenters. The number of hydrogen-bond acceptors (Lipinski definition) is 18. The number of hydrogen-bond donors (Lipinski definition) is 3. The molecule has 0 bridgehead atoms. The summed E-state index contributed by atoms with van der Waals surface area (Å²) in [4.78, 5) is 122. The lowest BCUT2D eigenvalue weighted by Gasteiger charge is -2.48. The molecule has 21 heteroatoms. The summed E-state index contributed by atoms with van der Waals surface area (Å²) < 4.78 is 37.7. The van der Waals surface area contributed by atoms with Gasteiger partial charge in [-0.1, -0.05) is 87.5 Å². The zero-order chi connectivity index (χ0) is 77.2. The molecule has 0 spiro atoms. The number of amides is 3. The molecule has 3 aromatic heterocycles. The van der Waals surface area contributed by atoms with Crippen LogP contribution in [0.5, 0.6) is 0 Å². The van der Waals surface area contributed by atoms with Gasteiger partial charge in [-0.25, -0.2) is 0 Å². The highest BCUT2D eigenvalue weighted by molar-refractivity contribution is 6.01. The van der Waals surface area contributed by atoms with E-state index in [9.17, 15) is 43.2 Å². The fourth-order valence-electron chi connectivity index (χ4n) is 20.8. The summed E-state index contributed by atoms with van der Waals surface area (Å²) in [6, 6.07) is 20.8. The first-order chi connectivity index (χ1) is 52.7. The second-order valence-corrected chi connectivity index (χ2v) is 33.1. The van der Waals surface area contributed by atoms with Crippen molar-refractivity contribution >= 4 is 74.5 Å². The standard InChI is InChI=1S/C31H34N2O5.C31H32N2O5.C27H30N2O5/c2*1-17(34)33-15-19-10-26(36)24-13-22-6-8-31(3)25(30(22)38-27(24)11-19)14-28(37-18(2)35)29(31)21-4-5-23-16-32-9-7-20(23)12-21;1-15(30)29-13-17-9-22(32)20-11-18-6-7-27(3)21(26(18)34-23(20)10-17)12-24(33-16(2)31)25(27)19-5-4-8-28-14-19/h4-5,7,9,12-13,16,19,25,28-30H,6,8,10-11,14-15H2,1-3H3,(H,33,34);4-9,12-13,16,19,25,28-30H,10-11,14-15H2,1-3H3,(H,33,34);4-8,11,14,17,21,24-26H,9-10,12-13H2,1-3H3,(H,29,30)/t2*19?,25-,28?,29-,30+,31-;17?,21-,24?,25-,26+,27-/m000/s1. The number of ether oxygens (including phenoxy) is 6. The van der Waals surface area contributed by atoms with Crippen LogP contribution in [0, 0.1) is 51.8 Å². The third-order valence-electron chi connectivity index (χ3n) is 25.8. The van der Waals surface area contributed by atoms with Gasteiger partial charge in [0.25, 0.3) is 0 Å². The van der Waals surface area contributed by atoms with E-state index in [4.69, 9.17) is 28.4 Å². The number of allylic oxidation sites excluding steroid dienone is 11. The van der Waals surface area contributed by atoms with Crippen LogP contribution in [0.3, 0.4) is 0 Å². The van der Waals surface area contributed by atoms with Crippen molar-refractivity contribution in [1.29, 1.82) is 0 Å². The van der Waals surface area contributed by atoms with Gasteiger partial charge in [0.05, 0.1) is 16.7 Å². The minimum atomic E-state index is -0.324. The normalized spacial score (nSPS) is 32.4. The molecule has 0 saturated heterocycles. The summed E-state index contributed by atoms with van der Waals surface area (Å²) in [7, 11) is 0. The Morgan fingerprint density at radius 1 is 0.455 bits per heavy atom. The highest BCUT2D eigenvalue weighted by atomic mass is 16.6. The number of fused-ring (bicyclic) bond motifs is 11. The molecule has 3 N–H and O–H groups in total. The average Bonchev–Trinajstić information content (AvgIpc) is 1.57. The van der Waals surface area contributed by atoms with Gasteiger partial charge in [0, 0.05) is 194 Å². The maximum absolute atomic E-state index is 13.0. The number of rotatable bonds is 12. The number of nitrogens with one attached hydrogen (secondary N) is 3. The molecule has 18 atom stereocenters. The smallest absolute Gasteiger partial charge is 0.302 e. The van der Waals surface area contributed by atoms with E-state index in [1.54, 1.807) is 18.6 Å². The minimum Gasteiger partial charge on any atom is -0.489 e. The van der Waals surface area contributed by atoms with Crippen molar-refractivity contribution in [1.82, 2.24) is 30.9 Å². The molecule has 110 heavy (non-hydrogen) atoms. The maximum Gasteiger partial charge on any atom is 0.302 e. The van der Waals surface area contributed by atoms with Gasteiger partial charge in [-0.2, -0.15) is 0 Å². The molecular weight excluding hydrogens is 1390 g/mol. The molecule has 2 aromatic carbocycles. The third-order valence-corrected chi connectivity index (χ3v) is 25.8. The first-order valence-corrected chi connectivity index (χ1v) is 38.8. The summed E-state index contributed by atoms with van der Waals surface area (Å²) in [5.74, 6) is 1.52. The van der Waals surface area contributed by atoms with Crippen molar-refractivity contribution < 1.29 is 71.6 Å². The van der Waals surface area contributed by atoms with Crippen LogP contribution in [-0.4, -0.2) is 124 Å². The van der Waals surface area contributed by atoms with Crippen LogP contribution in [0.15, 0.2) is 191 Å². The molecule has 21 nitrogen and oxygen atoms in total. The van der Waals surface area contributed by atoms with E-state index < -0.39 is 0 Å². The zero-order valence-electron chi connectivity index (χ0n) is 63.8. The number of carbonyl (C=O) groups excluding carboxylic acids is 9. The van der Waals surface area contributed by atoms with E-state index in [1.165, 1.54) is 52.7 Å². The Balaban J connectivity index is 0.000000131. The summed E-state index contributed by atoms with van der Waals surface area (Å²) in [6.07, 6.45) is 31.0. The third kappa shape index (κ3) is 14.5. The van der Waals surface area contributed by atoms with Gasteiger partial charge in [0.1, 0.15) is 53.9 Å². The van der Waals surface area contributed by atoms with E-state index in [0.717, 1.165) is 62.4 Å². The SMILES string of the molecule is CC(=O)NCC1CC(=O)C2=C(C1)O[C@@H]1C(=C2)C=C[C@]2(C)[C@@H](c3ccc4cnccc4c3)C(OC(C)=O)C[C@@H]12.CC(=O)NCC1CC(=O)C2=C(C1)O[C@@H]1C(=C2)C=C[C@]2(C)[C@@H](c3cccnc3)C(OC(C)=O)C[C@@H]12.CC(=O)NCC1CC(=O)C2=C(C1)O[C@@H]1C(=C2)CC[C@]2(C)[C@@H](c3ccc4cnccc4c3)C(OC(C)=O)C[C@@H]12. The Kier molecular flexibility index (Phi) is 20.5. The second kappa shape index (κ2) is 30.1. The number of carbonyl (C=O) groups is 9. The maximum atomic E-state index is 13.0. The van der Waals surface area contributed by atoms with Crippen molar-refractivity contribution in [2.24, 2.45) is 51.8 Å². The number of benzene rings is 2. The molecule has 5 aromatic rings. The Hall–Kier alpha value is -10.4. The van der Waals surface area contributed by atoms with Gasteiger partial charge in [-0.3, -0.25) is 58.1 Å². The van der Waals surface area contributed by atoms with Crippen molar-refractivity contribution in [2.45, 2.75) is 187 Å². The summed E-state index contributed by atoms with van der Waals surface area (Å²) >= 11 is 0. The molecule has 4 saturated carbocycles. The number of Topliss-reactive ketones (excluding diaryl/α,β-unsaturated/α-hetero) is 3. The largest absolute Gasteiger partial charge is 0.489 e. The first-order valence-electron chi connectivity index (χ1n) is 38.8. The highest BCUT2D eigenvalue weighted by Crippen LogP contribution is 2.65. The van der Waals surface area contributed by atoms with Gasteiger partial charge in [-0.15, -0.1) is 0 Å². The number of ketones is 3. The Labute approximate surface area is 640 Å². The molecule has 0 radical (unpaired) electrons. The number of nitrogens with zero attached hydrogens (tertiary/aromatic N) is 3. The van der Waals surface area contributed by atoms with Crippen LogP contribution in [-0.2, 0) is 71.6 Å². The molecular formula is C89H96N6O15. The van der Waals surface area contributed by atoms with E-state index in [1.807, 2.05) is 55.0 Å². The lowest BCUT2D eigenvalue weighted by atomic mass is 9.61. The van der Waals surface area contributed by atoms with E-state index >= 15 is 0 Å². The van der Waals surface area contributed by atoms with Crippen LogP contribution < -0.4 is 16.0 Å². The molecule has 3 aliphatic heterocycles. The fraction of sp³-hybridized carbons (Fsp3) is 0.461. The fourth-order valence-corrected chi connectivity index (χ4v) is 20.8. The Morgan fingerprint density at radius 3 is 1.30 bits per heavy atom. The monoisotopic (exact) mass is 1490 g/mol. The van der Waals surface area contributed by atoms with E-state index in [-0.39, 0.29) is 159 Å². The number of pyridine rings is 3. The van der Waals surface area contributed by atoms with E-state index in [0.29, 0.717) is 106 Å². The molecule has 4 fully saturated rings. The number of esters is 3. The van der Waals surface area contributed by atoms with Crippen LogP contribution >= 0.6 is 0 Å². The molecule has 12 aliphatic rings. The quantitative estimate of drug-likeness (QED) is 0.0773. The minimum absolute atomic E-state index is 0.0165. The predicted octanol–water partition coefficient (Wildman–Crippen LogP) is 12.7. The molecule has 572 valence electrons. The Bertz CT molecular complexity index is 4910. The first kappa shape index (κ1) is 75.0. The summed E-state index contributed by atoms with van der Waals surface area (Å²) in [5, 5.41) is 12.9. The van der Waals surface area contributed by atoms with E-state index in [2.05, 4.69) is 118 Å². The number of aromatic nitrogens is 3. The van der Waals surface area contributed by atoms with Crippen molar-refractivity contribution in [3.63, 3.8) is 0 Å². The van der Waals surface area contributed by atoms with Crippen molar-refractivity contribution in [3.05, 3.63) is 208 Å². The van der Waals surface area contributed by atoms with Crippen LogP contribution in [0.1, 0.15) is 167 Å². The molecule has 3 amide bonds. The molecule has 9 aliphatic carbocycles. The van der Waals surface area contributed by atoms with Crippen LogP contribution in [0.25, 0.3) is 21.5 Å². The zero-order valence-corrected chi connectivity index (χ0v) is 63.8. The summed E-state index contributed by atoms with van der Waals surface area (Å²) in [6.45, 7) is 17.0. The van der Waals surface area contributed by atoms with Crippen molar-refractivity contribution in [2.75, 3.05) is 19.6 Å². The average molecular weight is 1490 g/mol. The summed E-state index contributed by atoms with van der Waals surface area (Å²) in [5.41, 5.74) is 7.71. The van der Waals surface area contributed by atoms with Crippen LogP contribution in [0.2, 0.25) is 0 Å². The molecule has 17 rings (SSSR count). The topological polar surface area (TPSA) is 284 Å². The Morgan fingerprint density at radius 2 is 0.864 bits per heavy atom. The van der Waals surface area contributed by atoms with Crippen molar-refractivity contribution in [3.8, 4) is 0 Å². The lowest BCUT2D eigenvalue weighted by molar-refractivity contribution is -0.148. The molecule has 6 heterocycles. The van der Waals surface area contributed by atoms with Gasteiger partial charge in [-0.05, 0) is 136 Å². The van der Waals surface area contributed by atoms with Gasteiger partial charge >= 0.3 is 17.9 Å². The second-order valence-electron chi connectivity index (χ2n) is 33.1. The van der Waals surface area contributed by atoms with Crippen LogP contribution in [0.4, 0.5) is 0 Å². The van der Waals surface area contributed by atoms with Gasteiger partial charge in [0.15, 0.2) is 17.3 Å². The van der Waals surface area contributed by atoms with Gasteiger partial charge in [0.2, 0.25) is 17.7 Å².